The summed E-state index contributed by atoms with van der Waals surface area (Å²) in [5, 5.41) is 21.3. The summed E-state index contributed by atoms with van der Waals surface area (Å²) >= 11 is 0. The standard InChI is InChI=1S/C23H31N7O2/c1-23(2,3)30(22(31)32)18-10-8-17(9-11-18)27-20-14-19(21-25-12-13-29(21)28-20)26-16-6-4-15(24)5-7-16/h4-7,12-14,17-18,26H,8-11,24H2,1-3H3,(H,27,28)(H,31,32). The van der Waals surface area contributed by atoms with Gasteiger partial charge in [0, 0.05) is 47.5 Å². The quantitative estimate of drug-likeness (QED) is 0.432. The van der Waals surface area contributed by atoms with Gasteiger partial charge in [0.25, 0.3) is 0 Å². The van der Waals surface area contributed by atoms with Crippen LogP contribution in [0.3, 0.4) is 0 Å². The van der Waals surface area contributed by atoms with Crippen molar-refractivity contribution >= 4 is 34.6 Å². The predicted molar refractivity (Wildman–Crippen MR) is 126 cm³/mol. The van der Waals surface area contributed by atoms with Crippen LogP contribution in [0, 0.1) is 0 Å². The van der Waals surface area contributed by atoms with E-state index in [0.717, 1.165) is 48.5 Å². The Morgan fingerprint density at radius 3 is 2.50 bits per heavy atom. The van der Waals surface area contributed by atoms with Crippen LogP contribution in [0.1, 0.15) is 46.5 Å². The topological polar surface area (TPSA) is 121 Å². The summed E-state index contributed by atoms with van der Waals surface area (Å²) in [6.45, 7) is 5.85. The van der Waals surface area contributed by atoms with Gasteiger partial charge in [-0.25, -0.2) is 14.3 Å². The molecule has 0 spiro atoms. The lowest BCUT2D eigenvalue weighted by molar-refractivity contribution is 0.0556. The van der Waals surface area contributed by atoms with Gasteiger partial charge < -0.3 is 26.4 Å². The Morgan fingerprint density at radius 1 is 1.19 bits per heavy atom. The van der Waals surface area contributed by atoms with E-state index in [-0.39, 0.29) is 12.1 Å². The number of aromatic nitrogens is 3. The molecule has 0 atom stereocenters. The molecule has 1 fully saturated rings. The lowest BCUT2D eigenvalue weighted by atomic mass is 9.88. The average Bonchev–Trinajstić information content (AvgIpc) is 3.19. The number of fused-ring (bicyclic) bond motifs is 1. The van der Waals surface area contributed by atoms with Gasteiger partial charge in [-0.1, -0.05) is 0 Å². The van der Waals surface area contributed by atoms with Gasteiger partial charge in [0.2, 0.25) is 0 Å². The lowest BCUT2D eigenvalue weighted by Gasteiger charge is -2.42. The van der Waals surface area contributed by atoms with E-state index in [9.17, 15) is 9.90 Å². The molecule has 1 aliphatic carbocycles. The van der Waals surface area contributed by atoms with E-state index in [1.165, 1.54) is 0 Å². The Labute approximate surface area is 187 Å². The van der Waals surface area contributed by atoms with Crippen LogP contribution in [-0.2, 0) is 0 Å². The smallest absolute Gasteiger partial charge is 0.407 e. The Balaban J connectivity index is 1.47. The molecule has 0 saturated heterocycles. The molecule has 9 nitrogen and oxygen atoms in total. The molecule has 1 amide bonds. The molecular formula is C23H31N7O2. The molecule has 170 valence electrons. The molecule has 0 aliphatic heterocycles. The van der Waals surface area contributed by atoms with Gasteiger partial charge in [-0.05, 0) is 70.7 Å². The van der Waals surface area contributed by atoms with Crippen molar-refractivity contribution in [2.24, 2.45) is 0 Å². The van der Waals surface area contributed by atoms with E-state index < -0.39 is 11.6 Å². The molecule has 1 aromatic carbocycles. The highest BCUT2D eigenvalue weighted by Gasteiger charge is 2.35. The lowest BCUT2D eigenvalue weighted by Crippen LogP contribution is -2.52. The first-order valence-electron chi connectivity index (χ1n) is 11.0. The maximum absolute atomic E-state index is 11.8. The second-order valence-electron chi connectivity index (χ2n) is 9.36. The van der Waals surface area contributed by atoms with Crippen molar-refractivity contribution in [1.82, 2.24) is 19.5 Å². The zero-order valence-electron chi connectivity index (χ0n) is 18.7. The number of imidazole rings is 1. The Kier molecular flexibility index (Phi) is 5.82. The van der Waals surface area contributed by atoms with E-state index in [1.54, 1.807) is 15.6 Å². The van der Waals surface area contributed by atoms with Crippen molar-refractivity contribution in [1.29, 1.82) is 0 Å². The zero-order valence-corrected chi connectivity index (χ0v) is 18.7. The van der Waals surface area contributed by atoms with E-state index in [4.69, 9.17) is 5.73 Å². The monoisotopic (exact) mass is 437 g/mol. The minimum atomic E-state index is -0.848. The maximum atomic E-state index is 11.8. The normalized spacial score (nSPS) is 19.0. The number of rotatable bonds is 5. The number of amides is 1. The Morgan fingerprint density at radius 2 is 1.88 bits per heavy atom. The molecule has 2 aromatic heterocycles. The highest BCUT2D eigenvalue weighted by molar-refractivity contribution is 5.76. The molecule has 32 heavy (non-hydrogen) atoms. The van der Waals surface area contributed by atoms with Crippen LogP contribution >= 0.6 is 0 Å². The minimum absolute atomic E-state index is 0.0392. The van der Waals surface area contributed by atoms with Gasteiger partial charge >= 0.3 is 6.09 Å². The van der Waals surface area contributed by atoms with Gasteiger partial charge in [0.05, 0.1) is 5.69 Å². The first kappa shape index (κ1) is 21.7. The second-order valence-corrected chi connectivity index (χ2v) is 9.36. The van der Waals surface area contributed by atoms with Gasteiger partial charge in [-0.2, -0.15) is 0 Å². The third-order valence-corrected chi connectivity index (χ3v) is 5.89. The van der Waals surface area contributed by atoms with Crippen molar-refractivity contribution in [2.45, 2.75) is 64.1 Å². The summed E-state index contributed by atoms with van der Waals surface area (Å²) < 4.78 is 1.75. The average molecular weight is 438 g/mol. The number of nitrogens with two attached hydrogens (primary N) is 1. The van der Waals surface area contributed by atoms with Crippen LogP contribution in [0.2, 0.25) is 0 Å². The molecular weight excluding hydrogens is 406 g/mol. The summed E-state index contributed by atoms with van der Waals surface area (Å²) in [4.78, 5) is 17.8. The molecule has 0 bridgehead atoms. The minimum Gasteiger partial charge on any atom is -0.465 e. The van der Waals surface area contributed by atoms with Gasteiger partial charge in [0.15, 0.2) is 5.65 Å². The summed E-state index contributed by atoms with van der Waals surface area (Å²) in [7, 11) is 0. The van der Waals surface area contributed by atoms with Crippen molar-refractivity contribution in [3.8, 4) is 0 Å². The van der Waals surface area contributed by atoms with Gasteiger partial charge in [-0.15, -0.1) is 5.10 Å². The summed E-state index contributed by atoms with van der Waals surface area (Å²) in [5.41, 5.74) is 8.58. The predicted octanol–water partition coefficient (Wildman–Crippen LogP) is 4.56. The third-order valence-electron chi connectivity index (χ3n) is 5.89. The van der Waals surface area contributed by atoms with Crippen LogP contribution in [0.4, 0.5) is 27.7 Å². The third kappa shape index (κ3) is 4.71. The van der Waals surface area contributed by atoms with Crippen LogP contribution in [-0.4, -0.2) is 48.3 Å². The van der Waals surface area contributed by atoms with Crippen LogP contribution < -0.4 is 16.4 Å². The highest BCUT2D eigenvalue weighted by atomic mass is 16.4. The van der Waals surface area contributed by atoms with E-state index in [1.807, 2.05) is 57.3 Å². The molecule has 1 saturated carbocycles. The van der Waals surface area contributed by atoms with Crippen molar-refractivity contribution in [2.75, 3.05) is 16.4 Å². The number of carbonyl (C=O) groups is 1. The highest BCUT2D eigenvalue weighted by Crippen LogP contribution is 2.31. The number of carboxylic acid groups (broad SMARTS) is 1. The Hall–Kier alpha value is -3.49. The molecule has 0 unspecified atom stereocenters. The molecule has 3 aromatic rings. The van der Waals surface area contributed by atoms with E-state index >= 15 is 0 Å². The molecule has 0 radical (unpaired) electrons. The molecule has 5 N–H and O–H groups in total. The van der Waals surface area contributed by atoms with E-state index in [2.05, 4.69) is 20.7 Å². The zero-order chi connectivity index (χ0) is 22.9. The number of nitrogen functional groups attached to an aromatic ring is 1. The Bertz CT molecular complexity index is 1080. The number of hydrogen-bond donors (Lipinski definition) is 4. The summed E-state index contributed by atoms with van der Waals surface area (Å²) in [5.74, 6) is 0.753. The number of benzene rings is 1. The molecule has 9 heteroatoms. The van der Waals surface area contributed by atoms with Crippen LogP contribution in [0.5, 0.6) is 0 Å². The number of nitrogens with one attached hydrogen (secondary N) is 2. The first-order chi connectivity index (χ1) is 15.2. The fourth-order valence-electron chi connectivity index (χ4n) is 4.48. The molecule has 2 heterocycles. The number of hydrogen-bond acceptors (Lipinski definition) is 6. The maximum Gasteiger partial charge on any atom is 0.407 e. The van der Waals surface area contributed by atoms with Crippen molar-refractivity contribution in [3.05, 3.63) is 42.7 Å². The second kappa shape index (κ2) is 8.57. The SMILES string of the molecule is CC(C)(C)N(C(=O)O)C1CCC(Nc2cc(Nc3ccc(N)cc3)c3nccn3n2)CC1. The number of anilines is 4. The fourth-order valence-corrected chi connectivity index (χ4v) is 4.48. The van der Waals surface area contributed by atoms with Crippen molar-refractivity contribution in [3.63, 3.8) is 0 Å². The molecule has 4 rings (SSSR count). The van der Waals surface area contributed by atoms with Crippen LogP contribution in [0.15, 0.2) is 42.7 Å². The summed E-state index contributed by atoms with van der Waals surface area (Å²) in [6.07, 6.45) is 6.11. The number of nitrogens with zero attached hydrogens (tertiary/aromatic N) is 4. The largest absolute Gasteiger partial charge is 0.465 e. The van der Waals surface area contributed by atoms with Gasteiger partial charge in [-0.3, -0.25) is 0 Å². The molecule has 1 aliphatic rings. The first-order valence-corrected chi connectivity index (χ1v) is 11.0. The van der Waals surface area contributed by atoms with Crippen molar-refractivity contribution < 1.29 is 9.90 Å². The van der Waals surface area contributed by atoms with Crippen LogP contribution in [0.25, 0.3) is 5.65 Å². The summed E-state index contributed by atoms with van der Waals surface area (Å²) in [6, 6.07) is 9.78. The van der Waals surface area contributed by atoms with Gasteiger partial charge in [0.1, 0.15) is 5.82 Å². The van der Waals surface area contributed by atoms with E-state index in [0.29, 0.717) is 5.69 Å². The fraction of sp³-hybridized carbons (Fsp3) is 0.435.